The van der Waals surface area contributed by atoms with Crippen LogP contribution in [-0.2, 0) is 24.1 Å². The fourth-order valence-electron chi connectivity index (χ4n) is 2.70. The minimum atomic E-state index is 0.206. The molecule has 0 spiro atoms. The quantitative estimate of drug-likeness (QED) is 0.742. The van der Waals surface area contributed by atoms with Crippen LogP contribution in [0.2, 0.25) is 0 Å². The molecule has 0 radical (unpaired) electrons. The van der Waals surface area contributed by atoms with E-state index < -0.39 is 0 Å². The van der Waals surface area contributed by atoms with Crippen LogP contribution >= 0.6 is 0 Å². The van der Waals surface area contributed by atoms with Crippen LogP contribution in [0.15, 0.2) is 42.6 Å². The molecule has 0 unspecified atom stereocenters. The normalized spacial score (nSPS) is 10.6. The zero-order chi connectivity index (χ0) is 16.7. The smallest absolute Gasteiger partial charge is 0.134 e. The van der Waals surface area contributed by atoms with E-state index in [-0.39, 0.29) is 5.78 Å². The van der Waals surface area contributed by atoms with Gasteiger partial charge in [-0.25, -0.2) is 4.98 Å². The fraction of sp³-hybridized carbons (Fsp3) is 0.400. The lowest BCUT2D eigenvalue weighted by atomic mass is 10.0. The number of carbonyl (C=O) groups is 1. The second kappa shape index (κ2) is 8.47. The number of hydrogen-bond donors (Lipinski definition) is 0. The van der Waals surface area contributed by atoms with Gasteiger partial charge in [-0.1, -0.05) is 30.3 Å². The Bertz CT molecular complexity index is 613. The molecule has 0 saturated heterocycles. The molecule has 0 saturated carbocycles. The van der Waals surface area contributed by atoms with Crippen molar-refractivity contribution in [2.75, 3.05) is 18.0 Å². The lowest BCUT2D eigenvalue weighted by Crippen LogP contribution is -2.22. The minimum absolute atomic E-state index is 0.206. The number of pyridine rings is 1. The maximum atomic E-state index is 11.1. The Morgan fingerprint density at radius 1 is 0.913 bits per heavy atom. The Morgan fingerprint density at radius 2 is 1.48 bits per heavy atom. The van der Waals surface area contributed by atoms with Crippen molar-refractivity contribution < 1.29 is 4.79 Å². The van der Waals surface area contributed by atoms with Crippen molar-refractivity contribution in [3.63, 3.8) is 0 Å². The van der Waals surface area contributed by atoms with E-state index in [4.69, 9.17) is 0 Å². The predicted octanol–water partition coefficient (Wildman–Crippen LogP) is 3.84. The topological polar surface area (TPSA) is 33.2 Å². The fourth-order valence-corrected chi connectivity index (χ4v) is 2.70. The number of Topliss-reactive ketones (excluding diaryl/α,β-unsaturated/α-hetero) is 1. The Labute approximate surface area is 139 Å². The number of aromatic nitrogens is 1. The van der Waals surface area contributed by atoms with Crippen molar-refractivity contribution in [3.8, 4) is 0 Å². The van der Waals surface area contributed by atoms with Crippen molar-refractivity contribution in [2.24, 2.45) is 0 Å². The summed E-state index contributed by atoms with van der Waals surface area (Å²) in [4.78, 5) is 17.9. The molecule has 1 aromatic heterocycles. The molecule has 0 atom stereocenters. The number of aryl methyl sites for hydroxylation is 2. The van der Waals surface area contributed by atoms with Crippen LogP contribution in [0.25, 0.3) is 0 Å². The van der Waals surface area contributed by atoms with Crippen molar-refractivity contribution in [1.29, 1.82) is 0 Å². The summed E-state index contributed by atoms with van der Waals surface area (Å²) in [6.45, 7) is 7.89. The van der Waals surface area contributed by atoms with Gasteiger partial charge in [0.05, 0.1) is 0 Å². The molecule has 1 heterocycles. The number of nitrogens with zero attached hydrogens (tertiary/aromatic N) is 2. The van der Waals surface area contributed by atoms with Gasteiger partial charge in [0.1, 0.15) is 11.6 Å². The highest BCUT2D eigenvalue weighted by molar-refractivity contribution is 5.78. The Morgan fingerprint density at radius 3 is 2.00 bits per heavy atom. The molecule has 0 aliphatic carbocycles. The van der Waals surface area contributed by atoms with Crippen LogP contribution in [-0.4, -0.2) is 23.9 Å². The first-order valence-electron chi connectivity index (χ1n) is 8.39. The van der Waals surface area contributed by atoms with E-state index >= 15 is 0 Å². The largest absolute Gasteiger partial charge is 0.357 e. The van der Waals surface area contributed by atoms with Gasteiger partial charge in [0.2, 0.25) is 0 Å². The van der Waals surface area contributed by atoms with Crippen LogP contribution in [0.4, 0.5) is 5.82 Å². The molecule has 122 valence electrons. The number of ketones is 1. The SMILES string of the molecule is CCN(CC)c1ccc(CCc2ccc(CC(C)=O)cc2)cn1. The highest BCUT2D eigenvalue weighted by Crippen LogP contribution is 2.13. The summed E-state index contributed by atoms with van der Waals surface area (Å²) in [6, 6.07) is 12.6. The molecular formula is C20H26N2O. The van der Waals surface area contributed by atoms with Crippen LogP contribution in [0.3, 0.4) is 0 Å². The molecular weight excluding hydrogens is 284 g/mol. The Hall–Kier alpha value is -2.16. The molecule has 1 aromatic carbocycles. The summed E-state index contributed by atoms with van der Waals surface area (Å²) in [5.74, 6) is 1.25. The first-order chi connectivity index (χ1) is 11.1. The maximum Gasteiger partial charge on any atom is 0.134 e. The summed E-state index contributed by atoms with van der Waals surface area (Å²) < 4.78 is 0. The molecule has 2 rings (SSSR count). The number of carbonyl (C=O) groups excluding carboxylic acids is 1. The van der Waals surface area contributed by atoms with Crippen molar-refractivity contribution in [3.05, 3.63) is 59.3 Å². The van der Waals surface area contributed by atoms with Crippen molar-refractivity contribution >= 4 is 11.6 Å². The van der Waals surface area contributed by atoms with E-state index in [0.717, 1.165) is 37.3 Å². The molecule has 0 amide bonds. The zero-order valence-electron chi connectivity index (χ0n) is 14.4. The van der Waals surface area contributed by atoms with Crippen molar-refractivity contribution in [2.45, 2.75) is 40.0 Å². The number of benzene rings is 1. The second-order valence-corrected chi connectivity index (χ2v) is 5.89. The van der Waals surface area contributed by atoms with E-state index in [1.54, 1.807) is 6.92 Å². The van der Waals surface area contributed by atoms with E-state index in [9.17, 15) is 4.79 Å². The summed E-state index contributed by atoms with van der Waals surface area (Å²) >= 11 is 0. The molecule has 0 fully saturated rings. The molecule has 0 aliphatic heterocycles. The average molecular weight is 310 g/mol. The van der Waals surface area contributed by atoms with Gasteiger partial charge in [-0.15, -0.1) is 0 Å². The van der Waals surface area contributed by atoms with Gasteiger partial charge in [0.25, 0.3) is 0 Å². The Balaban J connectivity index is 1.91. The average Bonchev–Trinajstić information content (AvgIpc) is 2.56. The van der Waals surface area contributed by atoms with E-state index in [1.807, 2.05) is 6.20 Å². The number of rotatable bonds is 8. The summed E-state index contributed by atoms with van der Waals surface area (Å²) in [6.07, 6.45) is 4.49. The van der Waals surface area contributed by atoms with Crippen LogP contribution < -0.4 is 4.90 Å². The lowest BCUT2D eigenvalue weighted by Gasteiger charge is -2.19. The molecule has 3 nitrogen and oxygen atoms in total. The molecule has 0 bridgehead atoms. The van der Waals surface area contributed by atoms with Gasteiger partial charge in [0, 0.05) is 25.7 Å². The third-order valence-corrected chi connectivity index (χ3v) is 4.07. The highest BCUT2D eigenvalue weighted by atomic mass is 16.1. The first-order valence-corrected chi connectivity index (χ1v) is 8.39. The summed E-state index contributed by atoms with van der Waals surface area (Å²) in [7, 11) is 0. The second-order valence-electron chi connectivity index (χ2n) is 5.89. The van der Waals surface area contributed by atoms with Gasteiger partial charge in [0.15, 0.2) is 0 Å². The summed E-state index contributed by atoms with van der Waals surface area (Å²) in [5, 5.41) is 0. The molecule has 3 heteroatoms. The molecule has 23 heavy (non-hydrogen) atoms. The third kappa shape index (κ3) is 5.20. The van der Waals surface area contributed by atoms with E-state index in [0.29, 0.717) is 6.42 Å². The van der Waals surface area contributed by atoms with E-state index in [2.05, 4.69) is 60.1 Å². The van der Waals surface area contributed by atoms with Crippen LogP contribution in [0.5, 0.6) is 0 Å². The van der Waals surface area contributed by atoms with Gasteiger partial charge >= 0.3 is 0 Å². The molecule has 0 N–H and O–H groups in total. The third-order valence-electron chi connectivity index (χ3n) is 4.07. The summed E-state index contributed by atoms with van der Waals surface area (Å²) in [5.41, 5.74) is 3.64. The van der Waals surface area contributed by atoms with Gasteiger partial charge in [-0.3, -0.25) is 4.79 Å². The van der Waals surface area contributed by atoms with Gasteiger partial charge < -0.3 is 4.90 Å². The maximum absolute atomic E-state index is 11.1. The minimum Gasteiger partial charge on any atom is -0.357 e. The monoisotopic (exact) mass is 310 g/mol. The van der Waals surface area contributed by atoms with Crippen LogP contribution in [0.1, 0.15) is 37.5 Å². The molecule has 0 aliphatic rings. The lowest BCUT2D eigenvalue weighted by molar-refractivity contribution is -0.116. The van der Waals surface area contributed by atoms with Gasteiger partial charge in [-0.05, 0) is 56.4 Å². The van der Waals surface area contributed by atoms with Gasteiger partial charge in [-0.2, -0.15) is 0 Å². The Kier molecular flexibility index (Phi) is 6.33. The molecule has 2 aromatic rings. The van der Waals surface area contributed by atoms with Crippen molar-refractivity contribution in [1.82, 2.24) is 4.98 Å². The highest BCUT2D eigenvalue weighted by Gasteiger charge is 2.04. The number of hydrogen-bond acceptors (Lipinski definition) is 3. The van der Waals surface area contributed by atoms with Crippen LogP contribution in [0, 0.1) is 0 Å². The first kappa shape index (κ1) is 17.2. The zero-order valence-corrected chi connectivity index (χ0v) is 14.4. The predicted molar refractivity (Wildman–Crippen MR) is 96.0 cm³/mol. The van der Waals surface area contributed by atoms with E-state index in [1.165, 1.54) is 11.1 Å². The standard InChI is InChI=1S/C20H26N2O/c1-4-22(5-2)20-13-12-19(15-21-20)11-8-17-6-9-18(10-7-17)14-16(3)23/h6-7,9-10,12-13,15H,4-5,8,11,14H2,1-3H3. The number of anilines is 1.